The van der Waals surface area contributed by atoms with Crippen LogP contribution >= 0.6 is 0 Å². The number of nitrogens with zero attached hydrogens (tertiary/aromatic N) is 2. The van der Waals surface area contributed by atoms with Crippen molar-refractivity contribution in [2.75, 3.05) is 0 Å². The molecular formula is C18H17F3N2O2. The van der Waals surface area contributed by atoms with Crippen molar-refractivity contribution in [2.24, 2.45) is 0 Å². The minimum absolute atomic E-state index is 0.0919. The van der Waals surface area contributed by atoms with Crippen LogP contribution < -0.4 is 5.56 Å². The van der Waals surface area contributed by atoms with Crippen molar-refractivity contribution in [3.05, 3.63) is 70.1 Å². The van der Waals surface area contributed by atoms with E-state index in [0.29, 0.717) is 6.54 Å². The molecule has 2 aromatic rings. The first-order chi connectivity index (χ1) is 11.9. The van der Waals surface area contributed by atoms with Crippen LogP contribution in [-0.2, 0) is 24.1 Å². The van der Waals surface area contributed by atoms with Gasteiger partial charge in [0, 0.05) is 18.8 Å². The van der Waals surface area contributed by atoms with Crippen LogP contribution in [0, 0.1) is 0 Å². The molecule has 1 heterocycles. The summed E-state index contributed by atoms with van der Waals surface area (Å²) in [5.41, 5.74) is -1.51. The molecule has 0 atom stereocenters. The summed E-state index contributed by atoms with van der Waals surface area (Å²) >= 11 is 0. The normalized spacial score (nSPS) is 14.4. The van der Waals surface area contributed by atoms with E-state index in [9.17, 15) is 22.8 Å². The molecule has 1 aliphatic rings. The molecule has 0 saturated heterocycles. The van der Waals surface area contributed by atoms with E-state index >= 15 is 0 Å². The number of pyridine rings is 1. The predicted octanol–water partition coefficient (Wildman–Crippen LogP) is 3.06. The van der Waals surface area contributed by atoms with Gasteiger partial charge in [-0.2, -0.15) is 13.2 Å². The van der Waals surface area contributed by atoms with E-state index in [-0.39, 0.29) is 11.9 Å². The van der Waals surface area contributed by atoms with Crippen LogP contribution in [0.15, 0.2) is 53.5 Å². The molecule has 1 aromatic carbocycles. The maximum absolute atomic E-state index is 12.8. The number of hydrogen-bond acceptors (Lipinski definition) is 2. The molecule has 0 radical (unpaired) electrons. The van der Waals surface area contributed by atoms with Gasteiger partial charge in [-0.25, -0.2) is 0 Å². The highest BCUT2D eigenvalue weighted by molar-refractivity contribution is 5.76. The number of amides is 1. The molecule has 0 spiro atoms. The molecule has 0 aliphatic heterocycles. The van der Waals surface area contributed by atoms with Gasteiger partial charge in [-0.05, 0) is 30.5 Å². The SMILES string of the molecule is O=C(Cn1cccc(C(F)(F)F)c1=O)N(Cc1ccccc1)C1CC1. The highest BCUT2D eigenvalue weighted by Gasteiger charge is 2.35. The Hall–Kier alpha value is -2.57. The number of carbonyl (C=O) groups is 1. The molecule has 1 amide bonds. The van der Waals surface area contributed by atoms with Crippen LogP contribution in [0.5, 0.6) is 0 Å². The Balaban J connectivity index is 1.80. The second-order valence-corrected chi connectivity index (χ2v) is 6.09. The van der Waals surface area contributed by atoms with Crippen LogP contribution in [0.4, 0.5) is 13.2 Å². The van der Waals surface area contributed by atoms with Crippen LogP contribution in [0.25, 0.3) is 0 Å². The van der Waals surface area contributed by atoms with Crippen LogP contribution in [0.2, 0.25) is 0 Å². The number of carbonyl (C=O) groups excluding carboxylic acids is 1. The molecule has 0 bridgehead atoms. The quantitative estimate of drug-likeness (QED) is 0.832. The van der Waals surface area contributed by atoms with Crippen molar-refractivity contribution in [1.82, 2.24) is 9.47 Å². The highest BCUT2D eigenvalue weighted by Crippen LogP contribution is 2.29. The standard InChI is InChI=1S/C18H17F3N2O2/c19-18(20,21)15-7-4-10-22(17(15)25)12-16(24)23(14-8-9-14)11-13-5-2-1-3-6-13/h1-7,10,14H,8-9,11-12H2. The number of halogens is 3. The Morgan fingerprint density at radius 3 is 2.40 bits per heavy atom. The molecule has 3 rings (SSSR count). The Morgan fingerprint density at radius 2 is 1.80 bits per heavy atom. The van der Waals surface area contributed by atoms with Gasteiger partial charge in [-0.3, -0.25) is 9.59 Å². The largest absolute Gasteiger partial charge is 0.421 e. The second kappa shape index (κ2) is 6.74. The van der Waals surface area contributed by atoms with Crippen molar-refractivity contribution < 1.29 is 18.0 Å². The maximum Gasteiger partial charge on any atom is 0.421 e. The van der Waals surface area contributed by atoms with Gasteiger partial charge in [0.05, 0.1) is 0 Å². The molecule has 132 valence electrons. The van der Waals surface area contributed by atoms with Gasteiger partial charge in [0.2, 0.25) is 5.91 Å². The summed E-state index contributed by atoms with van der Waals surface area (Å²) in [6, 6.07) is 11.3. The molecule has 4 nitrogen and oxygen atoms in total. The number of aromatic nitrogens is 1. The van der Waals surface area contributed by atoms with Crippen LogP contribution in [-0.4, -0.2) is 21.4 Å². The third-order valence-electron chi connectivity index (χ3n) is 4.13. The predicted molar refractivity (Wildman–Crippen MR) is 85.7 cm³/mol. The second-order valence-electron chi connectivity index (χ2n) is 6.09. The van der Waals surface area contributed by atoms with Gasteiger partial charge < -0.3 is 9.47 Å². The van der Waals surface area contributed by atoms with Gasteiger partial charge >= 0.3 is 6.18 Å². The molecule has 1 fully saturated rings. The van der Waals surface area contributed by atoms with Crippen LogP contribution in [0.3, 0.4) is 0 Å². The maximum atomic E-state index is 12.8. The minimum atomic E-state index is -4.73. The van der Waals surface area contributed by atoms with E-state index in [2.05, 4.69) is 0 Å². The Morgan fingerprint density at radius 1 is 1.12 bits per heavy atom. The van der Waals surface area contributed by atoms with E-state index in [4.69, 9.17) is 0 Å². The average molecular weight is 350 g/mol. The zero-order chi connectivity index (χ0) is 18.0. The van der Waals surface area contributed by atoms with Crippen molar-refractivity contribution in [3.63, 3.8) is 0 Å². The van der Waals surface area contributed by atoms with Crippen molar-refractivity contribution in [1.29, 1.82) is 0 Å². The van der Waals surface area contributed by atoms with Crippen molar-refractivity contribution in [3.8, 4) is 0 Å². The third kappa shape index (κ3) is 4.10. The molecular weight excluding hydrogens is 333 g/mol. The van der Waals surface area contributed by atoms with E-state index in [0.717, 1.165) is 35.1 Å². The number of rotatable bonds is 5. The van der Waals surface area contributed by atoms with E-state index in [1.807, 2.05) is 30.3 Å². The third-order valence-corrected chi connectivity index (χ3v) is 4.13. The smallest absolute Gasteiger partial charge is 0.334 e. The summed E-state index contributed by atoms with van der Waals surface area (Å²) in [6.07, 6.45) is -1.78. The van der Waals surface area contributed by atoms with Gasteiger partial charge in [0.15, 0.2) is 0 Å². The molecule has 0 N–H and O–H groups in total. The lowest BCUT2D eigenvalue weighted by atomic mass is 10.2. The van der Waals surface area contributed by atoms with E-state index < -0.39 is 23.8 Å². The van der Waals surface area contributed by atoms with Gasteiger partial charge in [0.25, 0.3) is 5.56 Å². The Kier molecular flexibility index (Phi) is 4.65. The monoisotopic (exact) mass is 350 g/mol. The lowest BCUT2D eigenvalue weighted by molar-refractivity contribution is -0.139. The molecule has 1 saturated carbocycles. The number of benzene rings is 1. The van der Waals surface area contributed by atoms with Gasteiger partial charge in [0.1, 0.15) is 12.1 Å². The first kappa shape index (κ1) is 17.3. The molecule has 0 unspecified atom stereocenters. The summed E-state index contributed by atoms with van der Waals surface area (Å²) in [4.78, 5) is 26.2. The first-order valence-electron chi connectivity index (χ1n) is 7.96. The van der Waals surface area contributed by atoms with Gasteiger partial charge in [-0.1, -0.05) is 30.3 Å². The van der Waals surface area contributed by atoms with Crippen LogP contribution in [0.1, 0.15) is 24.0 Å². The molecule has 1 aromatic heterocycles. The summed E-state index contributed by atoms with van der Waals surface area (Å²) < 4.78 is 39.4. The zero-order valence-electron chi connectivity index (χ0n) is 13.4. The van der Waals surface area contributed by atoms with E-state index in [1.165, 1.54) is 6.20 Å². The fraction of sp³-hybridized carbons (Fsp3) is 0.333. The molecule has 25 heavy (non-hydrogen) atoms. The zero-order valence-corrected chi connectivity index (χ0v) is 13.4. The summed E-state index contributed by atoms with van der Waals surface area (Å²) in [6.45, 7) is -0.00978. The van der Waals surface area contributed by atoms with Crippen molar-refractivity contribution in [2.45, 2.75) is 38.1 Å². The minimum Gasteiger partial charge on any atom is -0.334 e. The lowest BCUT2D eigenvalue weighted by Crippen LogP contribution is -2.38. The summed E-state index contributed by atoms with van der Waals surface area (Å²) in [7, 11) is 0. The first-order valence-corrected chi connectivity index (χ1v) is 7.96. The molecule has 7 heteroatoms. The topological polar surface area (TPSA) is 42.3 Å². The fourth-order valence-corrected chi connectivity index (χ4v) is 2.70. The average Bonchev–Trinajstić information content (AvgIpc) is 3.39. The van der Waals surface area contributed by atoms with E-state index in [1.54, 1.807) is 4.90 Å². The fourth-order valence-electron chi connectivity index (χ4n) is 2.70. The summed E-state index contributed by atoms with van der Waals surface area (Å²) in [5, 5.41) is 0. The Bertz CT molecular complexity index is 811. The lowest BCUT2D eigenvalue weighted by Gasteiger charge is -2.23. The van der Waals surface area contributed by atoms with Crippen molar-refractivity contribution >= 4 is 5.91 Å². The molecule has 1 aliphatic carbocycles. The highest BCUT2D eigenvalue weighted by atomic mass is 19.4. The van der Waals surface area contributed by atoms with Gasteiger partial charge in [-0.15, -0.1) is 0 Å². The number of alkyl halides is 3. The Labute approximate surface area is 142 Å². The summed E-state index contributed by atoms with van der Waals surface area (Å²) in [5.74, 6) is -0.354. The number of hydrogen-bond donors (Lipinski definition) is 0.